The Hall–Kier alpha value is -0.870. The maximum atomic E-state index is 4.22. The van der Waals surface area contributed by atoms with E-state index >= 15 is 0 Å². The van der Waals surface area contributed by atoms with Gasteiger partial charge in [0.1, 0.15) is 0 Å². The highest BCUT2D eigenvalue weighted by Crippen LogP contribution is 2.31. The van der Waals surface area contributed by atoms with Gasteiger partial charge in [-0.25, -0.2) is 4.98 Å². The van der Waals surface area contributed by atoms with Crippen LogP contribution < -0.4 is 5.32 Å². The Morgan fingerprint density at radius 3 is 2.68 bits per heavy atom. The lowest BCUT2D eigenvalue weighted by Gasteiger charge is -2.43. The van der Waals surface area contributed by atoms with E-state index in [2.05, 4.69) is 40.8 Å². The summed E-state index contributed by atoms with van der Waals surface area (Å²) < 4.78 is 2.20. The molecule has 1 fully saturated rings. The Morgan fingerprint density at radius 1 is 1.32 bits per heavy atom. The Kier molecular flexibility index (Phi) is 4.99. The standard InChI is InChI=1S/C15H28N4/c1-4-19-13-17-11-14(19)10-16-12-15(18(2)3)8-6-5-7-9-15/h11,13,16H,4-10,12H2,1-3H3. The van der Waals surface area contributed by atoms with Crippen molar-refractivity contribution in [1.29, 1.82) is 0 Å². The van der Waals surface area contributed by atoms with Gasteiger partial charge in [0.15, 0.2) is 0 Å². The lowest BCUT2D eigenvalue weighted by Crippen LogP contribution is -2.52. The van der Waals surface area contributed by atoms with Crippen LogP contribution in [0.1, 0.15) is 44.7 Å². The third-order valence-electron chi connectivity index (χ3n) is 4.63. The van der Waals surface area contributed by atoms with Gasteiger partial charge in [-0.3, -0.25) is 0 Å². The molecule has 1 aliphatic rings. The summed E-state index contributed by atoms with van der Waals surface area (Å²) in [5.41, 5.74) is 1.64. The van der Waals surface area contributed by atoms with E-state index in [-0.39, 0.29) is 0 Å². The van der Waals surface area contributed by atoms with E-state index in [0.29, 0.717) is 5.54 Å². The van der Waals surface area contributed by atoms with Gasteiger partial charge in [-0.1, -0.05) is 19.3 Å². The van der Waals surface area contributed by atoms with E-state index < -0.39 is 0 Å². The number of nitrogens with zero attached hydrogens (tertiary/aromatic N) is 3. The Bertz CT molecular complexity index is 377. The number of likely N-dealkylation sites (N-methyl/N-ethyl adjacent to an activating group) is 1. The number of aryl methyl sites for hydroxylation is 1. The highest BCUT2D eigenvalue weighted by molar-refractivity contribution is 4.99. The van der Waals surface area contributed by atoms with Crippen LogP contribution >= 0.6 is 0 Å². The Morgan fingerprint density at radius 2 is 2.05 bits per heavy atom. The lowest BCUT2D eigenvalue weighted by molar-refractivity contribution is 0.0982. The molecule has 19 heavy (non-hydrogen) atoms. The predicted molar refractivity (Wildman–Crippen MR) is 79.1 cm³/mol. The summed E-state index contributed by atoms with van der Waals surface area (Å²) in [5, 5.41) is 3.65. The highest BCUT2D eigenvalue weighted by Gasteiger charge is 2.33. The topological polar surface area (TPSA) is 33.1 Å². The van der Waals surface area contributed by atoms with Crippen LogP contribution in [-0.2, 0) is 13.1 Å². The maximum Gasteiger partial charge on any atom is 0.0948 e. The van der Waals surface area contributed by atoms with E-state index in [4.69, 9.17) is 0 Å². The van der Waals surface area contributed by atoms with Gasteiger partial charge in [0, 0.05) is 31.4 Å². The van der Waals surface area contributed by atoms with Gasteiger partial charge >= 0.3 is 0 Å². The zero-order valence-electron chi connectivity index (χ0n) is 12.7. The van der Waals surface area contributed by atoms with Gasteiger partial charge in [0.25, 0.3) is 0 Å². The molecule has 4 nitrogen and oxygen atoms in total. The van der Waals surface area contributed by atoms with Gasteiger partial charge in [-0.15, -0.1) is 0 Å². The summed E-state index contributed by atoms with van der Waals surface area (Å²) in [5.74, 6) is 0. The minimum Gasteiger partial charge on any atom is -0.334 e. The minimum atomic E-state index is 0.356. The van der Waals surface area contributed by atoms with Gasteiger partial charge in [-0.2, -0.15) is 0 Å². The van der Waals surface area contributed by atoms with Crippen LogP contribution in [0, 0.1) is 0 Å². The molecule has 0 atom stereocenters. The van der Waals surface area contributed by atoms with Crippen LogP contribution in [-0.4, -0.2) is 40.6 Å². The number of nitrogens with one attached hydrogen (secondary N) is 1. The molecule has 108 valence electrons. The van der Waals surface area contributed by atoms with Crippen LogP contribution in [0.15, 0.2) is 12.5 Å². The minimum absolute atomic E-state index is 0.356. The normalized spacial score (nSPS) is 18.9. The van der Waals surface area contributed by atoms with E-state index in [1.165, 1.54) is 37.8 Å². The van der Waals surface area contributed by atoms with Gasteiger partial charge < -0.3 is 14.8 Å². The zero-order valence-corrected chi connectivity index (χ0v) is 12.7. The zero-order chi connectivity index (χ0) is 13.7. The summed E-state index contributed by atoms with van der Waals surface area (Å²) in [7, 11) is 4.45. The Balaban J connectivity index is 1.89. The average molecular weight is 264 g/mol. The molecule has 4 heteroatoms. The second-order valence-corrected chi connectivity index (χ2v) is 5.95. The predicted octanol–water partition coefficient (Wildman–Crippen LogP) is 2.26. The molecule has 0 amide bonds. The van der Waals surface area contributed by atoms with Gasteiger partial charge in [0.2, 0.25) is 0 Å². The van der Waals surface area contributed by atoms with Crippen molar-refractivity contribution in [2.24, 2.45) is 0 Å². The first kappa shape index (κ1) is 14.5. The van der Waals surface area contributed by atoms with E-state index in [9.17, 15) is 0 Å². The molecule has 1 aliphatic carbocycles. The molecular weight excluding hydrogens is 236 g/mol. The van der Waals surface area contributed by atoms with Gasteiger partial charge in [0.05, 0.1) is 12.0 Å². The fourth-order valence-corrected chi connectivity index (χ4v) is 3.20. The third-order valence-corrected chi connectivity index (χ3v) is 4.63. The van der Waals surface area contributed by atoms with E-state index in [1.807, 2.05) is 12.5 Å². The first-order valence-corrected chi connectivity index (χ1v) is 7.55. The second-order valence-electron chi connectivity index (χ2n) is 5.95. The molecule has 0 spiro atoms. The molecule has 0 aliphatic heterocycles. The molecule has 0 saturated heterocycles. The number of hydrogen-bond donors (Lipinski definition) is 1. The first-order chi connectivity index (χ1) is 9.18. The number of imidazole rings is 1. The molecule has 1 saturated carbocycles. The largest absolute Gasteiger partial charge is 0.334 e. The second kappa shape index (κ2) is 6.53. The molecule has 0 aromatic carbocycles. The molecule has 0 unspecified atom stereocenters. The van der Waals surface area contributed by atoms with Crippen molar-refractivity contribution < 1.29 is 0 Å². The van der Waals surface area contributed by atoms with Crippen molar-refractivity contribution in [2.45, 2.75) is 57.7 Å². The van der Waals surface area contributed by atoms with Crippen LogP contribution in [0.5, 0.6) is 0 Å². The molecule has 0 bridgehead atoms. The molecular formula is C15H28N4. The highest BCUT2D eigenvalue weighted by atomic mass is 15.2. The van der Waals surface area contributed by atoms with Gasteiger partial charge in [-0.05, 0) is 33.9 Å². The molecule has 1 aromatic heterocycles. The molecule has 2 rings (SSSR count). The summed E-state index contributed by atoms with van der Waals surface area (Å²) in [4.78, 5) is 6.65. The first-order valence-electron chi connectivity index (χ1n) is 7.55. The van der Waals surface area contributed by atoms with Crippen molar-refractivity contribution >= 4 is 0 Å². The van der Waals surface area contributed by atoms with Crippen molar-refractivity contribution in [3.05, 3.63) is 18.2 Å². The summed E-state index contributed by atoms with van der Waals surface area (Å²) in [6, 6.07) is 0. The smallest absolute Gasteiger partial charge is 0.0948 e. The van der Waals surface area contributed by atoms with Crippen molar-refractivity contribution in [2.75, 3.05) is 20.6 Å². The third kappa shape index (κ3) is 3.37. The van der Waals surface area contributed by atoms with Crippen molar-refractivity contribution in [3.63, 3.8) is 0 Å². The van der Waals surface area contributed by atoms with Crippen LogP contribution in [0.2, 0.25) is 0 Å². The van der Waals surface area contributed by atoms with Crippen LogP contribution in [0.4, 0.5) is 0 Å². The quantitative estimate of drug-likeness (QED) is 0.855. The SMILES string of the molecule is CCn1cncc1CNCC1(N(C)C)CCCCC1. The monoisotopic (exact) mass is 264 g/mol. The summed E-state index contributed by atoms with van der Waals surface area (Å²) in [6.45, 7) is 5.15. The van der Waals surface area contributed by atoms with Crippen molar-refractivity contribution in [1.82, 2.24) is 19.8 Å². The van der Waals surface area contributed by atoms with E-state index in [0.717, 1.165) is 19.6 Å². The average Bonchev–Trinajstić information content (AvgIpc) is 2.87. The maximum absolute atomic E-state index is 4.22. The number of hydrogen-bond acceptors (Lipinski definition) is 3. The number of rotatable bonds is 6. The van der Waals surface area contributed by atoms with E-state index in [1.54, 1.807) is 0 Å². The summed E-state index contributed by atoms with van der Waals surface area (Å²) in [6.07, 6.45) is 10.7. The Labute approximate surface area is 117 Å². The summed E-state index contributed by atoms with van der Waals surface area (Å²) >= 11 is 0. The fraction of sp³-hybridized carbons (Fsp3) is 0.800. The lowest BCUT2D eigenvalue weighted by atomic mass is 9.80. The molecule has 1 heterocycles. The number of aromatic nitrogens is 2. The molecule has 1 N–H and O–H groups in total. The van der Waals surface area contributed by atoms with Crippen molar-refractivity contribution in [3.8, 4) is 0 Å². The fourth-order valence-electron chi connectivity index (χ4n) is 3.20. The van der Waals surface area contributed by atoms with Crippen LogP contribution in [0.3, 0.4) is 0 Å². The van der Waals surface area contributed by atoms with Crippen LogP contribution in [0.25, 0.3) is 0 Å². The molecule has 0 radical (unpaired) electrons. The molecule has 1 aromatic rings.